The summed E-state index contributed by atoms with van der Waals surface area (Å²) in [5, 5.41) is 12.0. The van der Waals surface area contributed by atoms with Crippen molar-refractivity contribution >= 4 is 28.9 Å². The van der Waals surface area contributed by atoms with Crippen molar-refractivity contribution in [1.29, 1.82) is 5.26 Å². The van der Waals surface area contributed by atoms with Crippen LogP contribution in [0.1, 0.15) is 11.1 Å². The summed E-state index contributed by atoms with van der Waals surface area (Å²) in [7, 11) is 0. The molecule has 3 aromatic rings. The second-order valence-corrected chi connectivity index (χ2v) is 5.84. The third-order valence-electron chi connectivity index (χ3n) is 3.99. The van der Waals surface area contributed by atoms with Crippen LogP contribution < -0.4 is 11.1 Å². The number of rotatable bonds is 4. The molecular weight excluding hydrogens is 347 g/mol. The molecule has 27 heavy (non-hydrogen) atoms. The number of nitrogens with zero attached hydrogens (tertiary/aromatic N) is 2. The van der Waals surface area contributed by atoms with Gasteiger partial charge in [0.1, 0.15) is 17.5 Å². The number of carbonyl (C=O) groups is 2. The molecule has 0 aliphatic rings. The molecule has 0 atom stereocenters. The number of fused-ring (bicyclic) bond motifs is 1. The van der Waals surface area contributed by atoms with Crippen molar-refractivity contribution < 1.29 is 14.0 Å². The number of amides is 3. The van der Waals surface area contributed by atoms with Gasteiger partial charge in [0.25, 0.3) is 5.91 Å². The number of nitrogens with one attached hydrogen (secondary N) is 1. The Morgan fingerprint density at radius 2 is 1.89 bits per heavy atom. The normalized spacial score (nSPS) is 11.2. The standard InChI is InChI=1S/C20H15FN4O2/c21-16-7-5-13(6-8-16)11-25-12-15(17-3-1-2-4-18(17)25)9-14(10-22)19(26)24-20(23)27/h1-9,12H,11H2,(H3,23,24,26,27)/b14-9-. The van der Waals surface area contributed by atoms with Crippen molar-refractivity contribution in [3.63, 3.8) is 0 Å². The van der Waals surface area contributed by atoms with E-state index < -0.39 is 11.9 Å². The lowest BCUT2D eigenvalue weighted by Gasteiger charge is -2.05. The molecule has 7 heteroatoms. The van der Waals surface area contributed by atoms with Crippen molar-refractivity contribution in [3.8, 4) is 6.07 Å². The Morgan fingerprint density at radius 1 is 1.19 bits per heavy atom. The Labute approximate surface area is 154 Å². The fourth-order valence-corrected chi connectivity index (χ4v) is 2.79. The Hall–Kier alpha value is -3.92. The van der Waals surface area contributed by atoms with Gasteiger partial charge in [0.2, 0.25) is 0 Å². The fourth-order valence-electron chi connectivity index (χ4n) is 2.79. The Bertz CT molecular complexity index is 1090. The van der Waals surface area contributed by atoms with Crippen LogP contribution in [-0.4, -0.2) is 16.5 Å². The van der Waals surface area contributed by atoms with Crippen molar-refractivity contribution in [3.05, 3.63) is 77.2 Å². The summed E-state index contributed by atoms with van der Waals surface area (Å²) in [5.74, 6) is -1.17. The molecular formula is C20H15FN4O2. The second-order valence-electron chi connectivity index (χ2n) is 5.84. The number of nitrogens with two attached hydrogens (primary N) is 1. The first kappa shape index (κ1) is 17.9. The van der Waals surface area contributed by atoms with Gasteiger partial charge in [0, 0.05) is 29.2 Å². The van der Waals surface area contributed by atoms with Gasteiger partial charge in [-0.05, 0) is 29.8 Å². The van der Waals surface area contributed by atoms with Crippen LogP contribution in [0.15, 0.2) is 60.3 Å². The van der Waals surface area contributed by atoms with E-state index in [-0.39, 0.29) is 11.4 Å². The third kappa shape index (κ3) is 4.02. The van der Waals surface area contributed by atoms with Gasteiger partial charge in [0.05, 0.1) is 0 Å². The first-order valence-electron chi connectivity index (χ1n) is 8.03. The molecule has 0 aliphatic carbocycles. The quantitative estimate of drug-likeness (QED) is 0.551. The van der Waals surface area contributed by atoms with E-state index in [1.165, 1.54) is 18.2 Å². The number of nitriles is 1. The molecule has 3 rings (SSSR count). The van der Waals surface area contributed by atoms with Crippen LogP contribution in [0.2, 0.25) is 0 Å². The minimum Gasteiger partial charge on any atom is -0.351 e. The van der Waals surface area contributed by atoms with Gasteiger partial charge in [-0.2, -0.15) is 5.26 Å². The van der Waals surface area contributed by atoms with E-state index in [9.17, 15) is 19.2 Å². The smallest absolute Gasteiger partial charge is 0.319 e. The van der Waals surface area contributed by atoms with Crippen molar-refractivity contribution in [2.45, 2.75) is 6.54 Å². The molecule has 0 unspecified atom stereocenters. The molecule has 2 aromatic carbocycles. The van der Waals surface area contributed by atoms with Gasteiger partial charge in [-0.1, -0.05) is 30.3 Å². The maximum absolute atomic E-state index is 13.1. The number of halogens is 1. The highest BCUT2D eigenvalue weighted by molar-refractivity contribution is 6.09. The first-order valence-corrected chi connectivity index (χ1v) is 8.03. The van der Waals surface area contributed by atoms with Gasteiger partial charge in [-0.3, -0.25) is 10.1 Å². The molecule has 0 aliphatic heterocycles. The van der Waals surface area contributed by atoms with Gasteiger partial charge < -0.3 is 10.3 Å². The third-order valence-corrected chi connectivity index (χ3v) is 3.99. The van der Waals surface area contributed by atoms with Crippen molar-refractivity contribution in [2.24, 2.45) is 5.73 Å². The van der Waals surface area contributed by atoms with E-state index in [2.05, 4.69) is 0 Å². The molecule has 0 saturated heterocycles. The molecule has 134 valence electrons. The molecule has 3 N–H and O–H groups in total. The zero-order valence-corrected chi connectivity index (χ0v) is 14.1. The highest BCUT2D eigenvalue weighted by Crippen LogP contribution is 2.24. The maximum Gasteiger partial charge on any atom is 0.319 e. The molecule has 0 bridgehead atoms. The molecule has 3 amide bonds. The Morgan fingerprint density at radius 3 is 2.56 bits per heavy atom. The van der Waals surface area contributed by atoms with Crippen molar-refractivity contribution in [2.75, 3.05) is 0 Å². The van der Waals surface area contributed by atoms with Crippen LogP contribution in [-0.2, 0) is 11.3 Å². The average molecular weight is 362 g/mol. The number of para-hydroxylation sites is 1. The number of benzene rings is 2. The topological polar surface area (TPSA) is 101 Å². The predicted octanol–water partition coefficient (Wildman–Crippen LogP) is 2.93. The number of urea groups is 1. The summed E-state index contributed by atoms with van der Waals surface area (Å²) < 4.78 is 15.1. The minimum atomic E-state index is -1.03. The van der Waals surface area contributed by atoms with Gasteiger partial charge in [-0.25, -0.2) is 9.18 Å². The monoisotopic (exact) mass is 362 g/mol. The van der Waals surface area contributed by atoms with Crippen LogP contribution in [0.5, 0.6) is 0 Å². The summed E-state index contributed by atoms with van der Waals surface area (Å²) in [6.45, 7) is 0.490. The summed E-state index contributed by atoms with van der Waals surface area (Å²) in [4.78, 5) is 22.8. The number of carbonyl (C=O) groups excluding carboxylic acids is 2. The van der Waals surface area contributed by atoms with Crippen LogP contribution >= 0.6 is 0 Å². The molecule has 0 fully saturated rings. The average Bonchev–Trinajstić information content (AvgIpc) is 2.98. The lowest BCUT2D eigenvalue weighted by Crippen LogP contribution is -2.35. The lowest BCUT2D eigenvalue weighted by molar-refractivity contribution is -0.115. The Balaban J connectivity index is 2.03. The zero-order chi connectivity index (χ0) is 19.4. The molecule has 0 saturated carbocycles. The molecule has 1 heterocycles. The van der Waals surface area contributed by atoms with E-state index in [4.69, 9.17) is 5.73 Å². The molecule has 1 aromatic heterocycles. The Kier molecular flexibility index (Phi) is 4.99. The van der Waals surface area contributed by atoms with Crippen molar-refractivity contribution in [1.82, 2.24) is 9.88 Å². The van der Waals surface area contributed by atoms with Gasteiger partial charge in [0.15, 0.2) is 0 Å². The zero-order valence-electron chi connectivity index (χ0n) is 14.1. The first-order chi connectivity index (χ1) is 13.0. The summed E-state index contributed by atoms with van der Waals surface area (Å²) >= 11 is 0. The SMILES string of the molecule is N#C/C(=C/c1cn(Cc2ccc(F)cc2)c2ccccc12)C(=O)NC(N)=O. The van der Waals surface area contributed by atoms with E-state index in [0.717, 1.165) is 16.5 Å². The number of primary amides is 1. The second kappa shape index (κ2) is 7.54. The van der Waals surface area contributed by atoms with E-state index >= 15 is 0 Å². The molecule has 0 spiro atoms. The minimum absolute atomic E-state index is 0.238. The van der Waals surface area contributed by atoms with E-state index in [1.807, 2.05) is 34.1 Å². The highest BCUT2D eigenvalue weighted by atomic mass is 19.1. The lowest BCUT2D eigenvalue weighted by atomic mass is 10.1. The van der Waals surface area contributed by atoms with Gasteiger partial charge >= 0.3 is 6.03 Å². The number of hydrogen-bond acceptors (Lipinski definition) is 3. The number of imide groups is 1. The summed E-state index contributed by atoms with van der Waals surface area (Å²) in [6.07, 6.45) is 3.20. The van der Waals surface area contributed by atoms with Crippen LogP contribution in [0.25, 0.3) is 17.0 Å². The summed E-state index contributed by atoms with van der Waals surface area (Å²) in [5.41, 5.74) is 7.13. The van der Waals surface area contributed by atoms with Crippen LogP contribution in [0.3, 0.4) is 0 Å². The largest absolute Gasteiger partial charge is 0.351 e. The van der Waals surface area contributed by atoms with E-state index in [0.29, 0.717) is 12.1 Å². The maximum atomic E-state index is 13.1. The molecule has 6 nitrogen and oxygen atoms in total. The van der Waals surface area contributed by atoms with Crippen LogP contribution in [0, 0.1) is 17.1 Å². The number of hydrogen-bond donors (Lipinski definition) is 2. The van der Waals surface area contributed by atoms with Crippen LogP contribution in [0.4, 0.5) is 9.18 Å². The predicted molar refractivity (Wildman–Crippen MR) is 98.8 cm³/mol. The number of aromatic nitrogens is 1. The van der Waals surface area contributed by atoms with Gasteiger partial charge in [-0.15, -0.1) is 0 Å². The fraction of sp³-hybridized carbons (Fsp3) is 0.0500. The summed E-state index contributed by atoms with van der Waals surface area (Å²) in [6, 6.07) is 14.4. The van der Waals surface area contributed by atoms with E-state index in [1.54, 1.807) is 24.4 Å². The highest BCUT2D eigenvalue weighted by Gasteiger charge is 2.13. The molecule has 0 radical (unpaired) electrons.